The molecule has 3 rings (SSSR count). The lowest BCUT2D eigenvalue weighted by atomic mass is 10.2. The summed E-state index contributed by atoms with van der Waals surface area (Å²) in [5.74, 6) is 0.313. The number of halogens is 1. The predicted octanol–water partition coefficient (Wildman–Crippen LogP) is 3.51. The molecule has 0 unspecified atom stereocenters. The Kier molecular flexibility index (Phi) is 4.25. The third-order valence-electron chi connectivity index (χ3n) is 3.27. The minimum absolute atomic E-state index is 0.209. The van der Waals surface area contributed by atoms with Gasteiger partial charge in [0.05, 0.1) is 12.1 Å². The average molecular weight is 297 g/mol. The van der Waals surface area contributed by atoms with E-state index >= 15 is 0 Å². The molecular formula is C17H16FN3O. The van der Waals surface area contributed by atoms with Crippen molar-refractivity contribution in [3.05, 3.63) is 71.9 Å². The van der Waals surface area contributed by atoms with Gasteiger partial charge in [-0.25, -0.2) is 4.39 Å². The molecule has 5 heteroatoms. The Morgan fingerprint density at radius 3 is 2.45 bits per heavy atom. The van der Waals surface area contributed by atoms with Gasteiger partial charge in [-0.1, -0.05) is 42.5 Å². The van der Waals surface area contributed by atoms with Crippen molar-refractivity contribution in [1.29, 1.82) is 0 Å². The molecule has 0 atom stereocenters. The van der Waals surface area contributed by atoms with E-state index in [4.69, 9.17) is 4.42 Å². The number of nitrogens with zero attached hydrogens (tertiary/aromatic N) is 3. The molecule has 0 fully saturated rings. The second kappa shape index (κ2) is 6.49. The van der Waals surface area contributed by atoms with Crippen molar-refractivity contribution in [1.82, 2.24) is 15.1 Å². The number of hydrogen-bond acceptors (Lipinski definition) is 4. The highest BCUT2D eigenvalue weighted by atomic mass is 19.1. The molecule has 3 aromatic rings. The van der Waals surface area contributed by atoms with Crippen molar-refractivity contribution in [3.63, 3.8) is 0 Å². The third-order valence-corrected chi connectivity index (χ3v) is 3.27. The molecule has 22 heavy (non-hydrogen) atoms. The zero-order valence-electron chi connectivity index (χ0n) is 12.2. The van der Waals surface area contributed by atoms with Gasteiger partial charge >= 0.3 is 0 Å². The van der Waals surface area contributed by atoms with Gasteiger partial charge in [-0.05, 0) is 24.7 Å². The van der Waals surface area contributed by atoms with Crippen LogP contribution in [0.15, 0.2) is 59.0 Å². The van der Waals surface area contributed by atoms with E-state index in [1.165, 1.54) is 11.6 Å². The Balaban J connectivity index is 1.68. The first-order chi connectivity index (χ1) is 10.7. The maximum Gasteiger partial charge on any atom is 0.250 e. The second-order valence-electron chi connectivity index (χ2n) is 5.14. The van der Waals surface area contributed by atoms with E-state index in [-0.39, 0.29) is 11.7 Å². The molecule has 1 heterocycles. The zero-order valence-corrected chi connectivity index (χ0v) is 12.2. The molecule has 2 aromatic carbocycles. The van der Waals surface area contributed by atoms with Crippen LogP contribution in [0.5, 0.6) is 0 Å². The van der Waals surface area contributed by atoms with E-state index in [0.717, 1.165) is 6.54 Å². The van der Waals surface area contributed by atoms with Crippen molar-refractivity contribution in [2.24, 2.45) is 0 Å². The van der Waals surface area contributed by atoms with Crippen LogP contribution < -0.4 is 0 Å². The van der Waals surface area contributed by atoms with Crippen molar-refractivity contribution in [2.75, 3.05) is 7.05 Å². The number of rotatable bonds is 5. The summed E-state index contributed by atoms with van der Waals surface area (Å²) in [4.78, 5) is 2.06. The van der Waals surface area contributed by atoms with Crippen molar-refractivity contribution in [2.45, 2.75) is 13.1 Å². The molecule has 0 aliphatic heterocycles. The van der Waals surface area contributed by atoms with Crippen LogP contribution in [0, 0.1) is 5.82 Å². The second-order valence-corrected chi connectivity index (χ2v) is 5.14. The van der Waals surface area contributed by atoms with Crippen LogP contribution in [-0.2, 0) is 13.1 Å². The van der Waals surface area contributed by atoms with Crippen LogP contribution in [0.4, 0.5) is 4.39 Å². The van der Waals surface area contributed by atoms with E-state index in [0.29, 0.717) is 18.0 Å². The molecule has 0 amide bonds. The Bertz CT molecular complexity index is 742. The SMILES string of the molecule is CN(Cc1ccccc1)Cc1nnc(-c2ccccc2F)o1. The molecule has 0 radical (unpaired) electrons. The first-order valence-electron chi connectivity index (χ1n) is 7.02. The van der Waals surface area contributed by atoms with E-state index in [9.17, 15) is 4.39 Å². The van der Waals surface area contributed by atoms with Crippen LogP contribution in [0.25, 0.3) is 11.5 Å². The van der Waals surface area contributed by atoms with Gasteiger partial charge in [-0.2, -0.15) is 0 Å². The van der Waals surface area contributed by atoms with Gasteiger partial charge in [-0.15, -0.1) is 10.2 Å². The topological polar surface area (TPSA) is 42.2 Å². The Morgan fingerprint density at radius 1 is 0.955 bits per heavy atom. The molecule has 112 valence electrons. The predicted molar refractivity (Wildman–Crippen MR) is 81.3 cm³/mol. The number of hydrogen-bond donors (Lipinski definition) is 0. The molecule has 4 nitrogen and oxygen atoms in total. The summed E-state index contributed by atoms with van der Waals surface area (Å²) in [6, 6.07) is 16.5. The summed E-state index contributed by atoms with van der Waals surface area (Å²) >= 11 is 0. The Labute approximate surface area is 128 Å². The highest BCUT2D eigenvalue weighted by Crippen LogP contribution is 2.21. The van der Waals surface area contributed by atoms with E-state index in [1.54, 1.807) is 18.2 Å². The summed E-state index contributed by atoms with van der Waals surface area (Å²) in [5.41, 5.74) is 1.53. The number of benzene rings is 2. The van der Waals surface area contributed by atoms with Gasteiger partial charge in [0.15, 0.2) is 0 Å². The van der Waals surface area contributed by atoms with Gasteiger partial charge in [0.25, 0.3) is 5.89 Å². The third kappa shape index (κ3) is 3.38. The highest BCUT2D eigenvalue weighted by Gasteiger charge is 2.13. The Hall–Kier alpha value is -2.53. The number of aromatic nitrogens is 2. The minimum atomic E-state index is -0.365. The first kappa shape index (κ1) is 14.4. The molecule has 0 aliphatic rings. The zero-order chi connectivity index (χ0) is 15.4. The fourth-order valence-corrected chi connectivity index (χ4v) is 2.24. The van der Waals surface area contributed by atoms with Gasteiger partial charge < -0.3 is 4.42 Å². The summed E-state index contributed by atoms with van der Waals surface area (Å²) < 4.78 is 19.3. The molecular weight excluding hydrogens is 281 g/mol. The van der Waals surface area contributed by atoms with Gasteiger partial charge in [0.1, 0.15) is 5.82 Å². The first-order valence-corrected chi connectivity index (χ1v) is 7.02. The van der Waals surface area contributed by atoms with E-state index < -0.39 is 0 Å². The quantitative estimate of drug-likeness (QED) is 0.723. The molecule has 0 N–H and O–H groups in total. The summed E-state index contributed by atoms with van der Waals surface area (Å²) in [5, 5.41) is 7.91. The highest BCUT2D eigenvalue weighted by molar-refractivity contribution is 5.53. The van der Waals surface area contributed by atoms with Crippen LogP contribution in [-0.4, -0.2) is 22.1 Å². The van der Waals surface area contributed by atoms with E-state index in [1.807, 2.05) is 25.2 Å². The largest absolute Gasteiger partial charge is 0.419 e. The normalized spacial score (nSPS) is 11.0. The molecule has 1 aromatic heterocycles. The molecule has 0 saturated heterocycles. The fourth-order valence-electron chi connectivity index (χ4n) is 2.24. The van der Waals surface area contributed by atoms with Crippen LogP contribution in [0.1, 0.15) is 11.5 Å². The smallest absolute Gasteiger partial charge is 0.250 e. The van der Waals surface area contributed by atoms with Crippen molar-refractivity contribution >= 4 is 0 Å². The lowest BCUT2D eigenvalue weighted by Crippen LogP contribution is -2.17. The average Bonchev–Trinajstić information content (AvgIpc) is 2.97. The van der Waals surface area contributed by atoms with Gasteiger partial charge in [-0.3, -0.25) is 4.90 Å². The van der Waals surface area contributed by atoms with Crippen molar-refractivity contribution in [3.8, 4) is 11.5 Å². The van der Waals surface area contributed by atoms with Gasteiger partial charge in [0, 0.05) is 6.54 Å². The lowest BCUT2D eigenvalue weighted by Gasteiger charge is -2.13. The molecule has 0 saturated carbocycles. The summed E-state index contributed by atoms with van der Waals surface area (Å²) in [6.45, 7) is 1.29. The van der Waals surface area contributed by atoms with Crippen LogP contribution in [0.2, 0.25) is 0 Å². The maximum absolute atomic E-state index is 13.7. The van der Waals surface area contributed by atoms with Gasteiger partial charge in [0.2, 0.25) is 5.89 Å². The standard InChI is InChI=1S/C17H16FN3O/c1-21(11-13-7-3-2-4-8-13)12-16-19-20-17(22-16)14-9-5-6-10-15(14)18/h2-10H,11-12H2,1H3. The van der Waals surface area contributed by atoms with Crippen LogP contribution >= 0.6 is 0 Å². The lowest BCUT2D eigenvalue weighted by molar-refractivity contribution is 0.282. The molecule has 0 bridgehead atoms. The van der Waals surface area contributed by atoms with E-state index in [2.05, 4.69) is 27.2 Å². The van der Waals surface area contributed by atoms with Crippen molar-refractivity contribution < 1.29 is 8.81 Å². The Morgan fingerprint density at radius 2 is 1.68 bits per heavy atom. The molecule has 0 aliphatic carbocycles. The summed E-state index contributed by atoms with van der Waals surface area (Å²) in [6.07, 6.45) is 0. The summed E-state index contributed by atoms with van der Waals surface area (Å²) in [7, 11) is 1.97. The molecule has 0 spiro atoms. The fraction of sp³-hybridized carbons (Fsp3) is 0.176. The van der Waals surface area contributed by atoms with Crippen LogP contribution in [0.3, 0.4) is 0 Å². The maximum atomic E-state index is 13.7. The minimum Gasteiger partial charge on any atom is -0.419 e. The monoisotopic (exact) mass is 297 g/mol.